The topological polar surface area (TPSA) is 118 Å². The Bertz CT molecular complexity index is 912. The van der Waals surface area contributed by atoms with Gasteiger partial charge in [0.05, 0.1) is 4.90 Å². The van der Waals surface area contributed by atoms with Gasteiger partial charge in [-0.1, -0.05) is 32.9 Å². The minimum Gasteiger partial charge on any atom is -0.318 e. The van der Waals surface area contributed by atoms with E-state index in [0.717, 1.165) is 5.56 Å². The fourth-order valence-corrected chi connectivity index (χ4v) is 2.67. The maximum Gasteiger partial charge on any atom is 0.314 e. The number of anilines is 2. The van der Waals surface area contributed by atoms with Gasteiger partial charge in [0, 0.05) is 11.4 Å². The van der Waals surface area contributed by atoms with Crippen molar-refractivity contribution in [2.24, 2.45) is 5.14 Å². The van der Waals surface area contributed by atoms with E-state index in [1.165, 1.54) is 24.3 Å². The van der Waals surface area contributed by atoms with Crippen LogP contribution in [0.2, 0.25) is 0 Å². The van der Waals surface area contributed by atoms with Crippen LogP contribution in [0.4, 0.5) is 11.4 Å². The van der Waals surface area contributed by atoms with Gasteiger partial charge in [-0.2, -0.15) is 0 Å². The molecular formula is C18H21N3O4S. The van der Waals surface area contributed by atoms with Crippen molar-refractivity contribution >= 4 is 33.2 Å². The number of hydrogen-bond donors (Lipinski definition) is 3. The molecule has 0 aliphatic carbocycles. The van der Waals surface area contributed by atoms with Gasteiger partial charge in [0.1, 0.15) is 0 Å². The maximum absolute atomic E-state index is 12.0. The van der Waals surface area contributed by atoms with E-state index in [2.05, 4.69) is 31.4 Å². The zero-order valence-corrected chi connectivity index (χ0v) is 15.6. The average Bonchev–Trinajstić information content (AvgIpc) is 2.54. The molecule has 0 aromatic heterocycles. The summed E-state index contributed by atoms with van der Waals surface area (Å²) in [4.78, 5) is 23.9. The number of carbonyl (C=O) groups is 2. The Morgan fingerprint density at radius 1 is 0.808 bits per heavy atom. The van der Waals surface area contributed by atoms with E-state index in [-0.39, 0.29) is 16.0 Å². The van der Waals surface area contributed by atoms with Gasteiger partial charge in [-0.05, 0) is 47.4 Å². The van der Waals surface area contributed by atoms with Crippen molar-refractivity contribution < 1.29 is 18.0 Å². The largest absolute Gasteiger partial charge is 0.318 e. The minimum absolute atomic E-state index is 0.0108. The summed E-state index contributed by atoms with van der Waals surface area (Å²) in [6, 6.07) is 12.4. The summed E-state index contributed by atoms with van der Waals surface area (Å²) in [6.07, 6.45) is 0. The van der Waals surface area contributed by atoms with Gasteiger partial charge >= 0.3 is 11.8 Å². The molecule has 0 radical (unpaired) electrons. The van der Waals surface area contributed by atoms with E-state index >= 15 is 0 Å². The van der Waals surface area contributed by atoms with E-state index in [4.69, 9.17) is 5.14 Å². The van der Waals surface area contributed by atoms with Crippen molar-refractivity contribution in [2.75, 3.05) is 10.6 Å². The Morgan fingerprint density at radius 3 is 1.54 bits per heavy atom. The van der Waals surface area contributed by atoms with Crippen molar-refractivity contribution in [1.82, 2.24) is 0 Å². The number of hydrogen-bond acceptors (Lipinski definition) is 4. The molecule has 0 spiro atoms. The monoisotopic (exact) mass is 375 g/mol. The molecule has 0 atom stereocenters. The molecule has 7 nitrogen and oxygen atoms in total. The van der Waals surface area contributed by atoms with Crippen LogP contribution >= 0.6 is 0 Å². The first kappa shape index (κ1) is 19.6. The molecule has 0 aliphatic heterocycles. The first-order valence-corrected chi connectivity index (χ1v) is 9.37. The lowest BCUT2D eigenvalue weighted by atomic mass is 9.87. The van der Waals surface area contributed by atoms with Crippen LogP contribution in [0.1, 0.15) is 26.3 Å². The van der Waals surface area contributed by atoms with E-state index in [0.29, 0.717) is 5.69 Å². The highest BCUT2D eigenvalue weighted by Crippen LogP contribution is 2.23. The highest BCUT2D eigenvalue weighted by molar-refractivity contribution is 7.89. The molecule has 138 valence electrons. The SMILES string of the molecule is CC(C)(C)c1ccc(NC(=O)C(=O)Nc2ccc(S(N)(=O)=O)cc2)cc1. The van der Waals surface area contributed by atoms with Crippen LogP contribution in [0.5, 0.6) is 0 Å². The number of nitrogens with one attached hydrogen (secondary N) is 2. The second-order valence-electron chi connectivity index (χ2n) is 6.80. The first-order chi connectivity index (χ1) is 12.0. The van der Waals surface area contributed by atoms with Crippen molar-refractivity contribution in [2.45, 2.75) is 31.1 Å². The van der Waals surface area contributed by atoms with Gasteiger partial charge in [-0.15, -0.1) is 0 Å². The van der Waals surface area contributed by atoms with Gasteiger partial charge < -0.3 is 10.6 Å². The second kappa shape index (κ2) is 7.27. The van der Waals surface area contributed by atoms with Crippen molar-refractivity contribution in [1.29, 1.82) is 0 Å². The van der Waals surface area contributed by atoms with E-state index in [1.807, 2.05) is 12.1 Å². The summed E-state index contributed by atoms with van der Waals surface area (Å²) in [5.41, 5.74) is 1.88. The highest BCUT2D eigenvalue weighted by atomic mass is 32.2. The molecule has 0 fully saturated rings. The Balaban J connectivity index is 2.00. The molecule has 2 aromatic carbocycles. The lowest BCUT2D eigenvalue weighted by molar-refractivity contribution is -0.132. The van der Waals surface area contributed by atoms with Gasteiger partial charge in [-0.25, -0.2) is 13.6 Å². The summed E-state index contributed by atoms with van der Waals surface area (Å²) in [5.74, 6) is -1.70. The van der Waals surface area contributed by atoms with E-state index in [9.17, 15) is 18.0 Å². The first-order valence-electron chi connectivity index (χ1n) is 7.82. The van der Waals surface area contributed by atoms with Crippen LogP contribution in [-0.4, -0.2) is 20.2 Å². The lowest BCUT2D eigenvalue weighted by Crippen LogP contribution is -2.29. The number of amides is 2. The quantitative estimate of drug-likeness (QED) is 0.713. The van der Waals surface area contributed by atoms with Crippen LogP contribution in [0, 0.1) is 0 Å². The molecule has 0 heterocycles. The fourth-order valence-electron chi connectivity index (χ4n) is 2.16. The van der Waals surface area contributed by atoms with Crippen molar-refractivity contribution in [3.05, 3.63) is 54.1 Å². The molecule has 0 saturated heterocycles. The van der Waals surface area contributed by atoms with Crippen LogP contribution in [-0.2, 0) is 25.0 Å². The standard InChI is InChI=1S/C18H21N3O4S/c1-18(2,3)12-4-6-13(7-5-12)20-16(22)17(23)21-14-8-10-15(11-9-14)26(19,24)25/h4-11H,1-3H3,(H,20,22)(H,21,23)(H2,19,24,25). The fraction of sp³-hybridized carbons (Fsp3) is 0.222. The molecule has 0 bridgehead atoms. The highest BCUT2D eigenvalue weighted by Gasteiger charge is 2.16. The third-order valence-electron chi connectivity index (χ3n) is 3.66. The summed E-state index contributed by atoms with van der Waals surface area (Å²) in [7, 11) is -3.81. The number of nitrogens with two attached hydrogens (primary N) is 1. The molecule has 0 aliphatic rings. The smallest absolute Gasteiger partial charge is 0.314 e. The minimum atomic E-state index is -3.81. The third-order valence-corrected chi connectivity index (χ3v) is 4.58. The number of sulfonamides is 1. The van der Waals surface area contributed by atoms with Gasteiger partial charge in [0.2, 0.25) is 10.0 Å². The Kier molecular flexibility index (Phi) is 5.48. The molecule has 2 amide bonds. The van der Waals surface area contributed by atoms with Gasteiger partial charge in [-0.3, -0.25) is 9.59 Å². The summed E-state index contributed by atoms with van der Waals surface area (Å²) < 4.78 is 22.4. The Morgan fingerprint density at radius 2 is 1.19 bits per heavy atom. The molecule has 4 N–H and O–H groups in total. The predicted octanol–water partition coefficient (Wildman–Crippen LogP) is 2.21. The molecular weight excluding hydrogens is 354 g/mol. The Hall–Kier alpha value is -2.71. The van der Waals surface area contributed by atoms with Crippen LogP contribution in [0.3, 0.4) is 0 Å². The normalized spacial score (nSPS) is 11.7. The molecule has 0 saturated carbocycles. The lowest BCUT2D eigenvalue weighted by Gasteiger charge is -2.19. The number of primary sulfonamides is 1. The molecule has 8 heteroatoms. The summed E-state index contributed by atoms with van der Waals surface area (Å²) in [5, 5.41) is 9.90. The second-order valence-corrected chi connectivity index (χ2v) is 8.37. The molecule has 0 unspecified atom stereocenters. The molecule has 26 heavy (non-hydrogen) atoms. The number of rotatable bonds is 3. The summed E-state index contributed by atoms with van der Waals surface area (Å²) in [6.45, 7) is 6.24. The zero-order chi connectivity index (χ0) is 19.5. The van der Waals surface area contributed by atoms with Crippen molar-refractivity contribution in [3.8, 4) is 0 Å². The maximum atomic E-state index is 12.0. The molecule has 2 aromatic rings. The van der Waals surface area contributed by atoms with E-state index in [1.54, 1.807) is 12.1 Å². The van der Waals surface area contributed by atoms with Gasteiger partial charge in [0.15, 0.2) is 0 Å². The van der Waals surface area contributed by atoms with Crippen molar-refractivity contribution in [3.63, 3.8) is 0 Å². The van der Waals surface area contributed by atoms with Crippen LogP contribution < -0.4 is 15.8 Å². The average molecular weight is 375 g/mol. The number of benzene rings is 2. The zero-order valence-electron chi connectivity index (χ0n) is 14.7. The van der Waals surface area contributed by atoms with E-state index < -0.39 is 21.8 Å². The summed E-state index contributed by atoms with van der Waals surface area (Å²) >= 11 is 0. The van der Waals surface area contributed by atoms with Gasteiger partial charge in [0.25, 0.3) is 0 Å². The van der Waals surface area contributed by atoms with Crippen LogP contribution in [0.15, 0.2) is 53.4 Å². The van der Waals surface area contributed by atoms with Crippen LogP contribution in [0.25, 0.3) is 0 Å². The molecule has 2 rings (SSSR count). The Labute approximate surface area is 152 Å². The predicted molar refractivity (Wildman–Crippen MR) is 100 cm³/mol. The number of carbonyl (C=O) groups excluding carboxylic acids is 2. The third kappa shape index (κ3) is 5.14.